The van der Waals surface area contributed by atoms with Crippen molar-refractivity contribution in [1.82, 2.24) is 0 Å². The number of rotatable bonds is 1. The van der Waals surface area contributed by atoms with Gasteiger partial charge in [-0.15, -0.1) is 0 Å². The van der Waals surface area contributed by atoms with Gasteiger partial charge < -0.3 is 16.0 Å². The molecule has 16 heavy (non-hydrogen) atoms. The van der Waals surface area contributed by atoms with Crippen LogP contribution in [0.4, 0.5) is 15.8 Å². The topological polar surface area (TPSA) is 58.4 Å². The van der Waals surface area contributed by atoms with Crippen molar-refractivity contribution >= 4 is 17.3 Å². The highest BCUT2D eigenvalue weighted by atomic mass is 19.1. The molecule has 1 aliphatic rings. The van der Waals surface area contributed by atoms with E-state index in [1.165, 1.54) is 11.0 Å². The van der Waals surface area contributed by atoms with Gasteiger partial charge in [0.2, 0.25) is 5.91 Å². The molecule has 0 atom stereocenters. The number of hydrogen-bond donors (Lipinski definition) is 2. The third kappa shape index (κ3) is 1.86. The fourth-order valence-corrected chi connectivity index (χ4v) is 1.86. The van der Waals surface area contributed by atoms with Crippen molar-refractivity contribution in [2.75, 3.05) is 29.9 Å². The molecule has 0 aliphatic carbocycles. The summed E-state index contributed by atoms with van der Waals surface area (Å²) >= 11 is 0. The predicted octanol–water partition coefficient (Wildman–Crippen LogP) is 0.933. The summed E-state index contributed by atoms with van der Waals surface area (Å²) in [5.41, 5.74) is 6.29. The van der Waals surface area contributed by atoms with E-state index >= 15 is 0 Å². The van der Waals surface area contributed by atoms with Crippen molar-refractivity contribution in [3.8, 4) is 0 Å². The van der Waals surface area contributed by atoms with Crippen LogP contribution in [0.3, 0.4) is 0 Å². The van der Waals surface area contributed by atoms with Crippen LogP contribution in [0, 0.1) is 5.82 Å². The van der Waals surface area contributed by atoms with Crippen LogP contribution in [0.25, 0.3) is 0 Å². The van der Waals surface area contributed by atoms with E-state index in [-0.39, 0.29) is 12.5 Å². The molecule has 5 heteroatoms. The van der Waals surface area contributed by atoms with Gasteiger partial charge in [-0.3, -0.25) is 4.79 Å². The molecular weight excluding hydrogens is 209 g/mol. The highest BCUT2D eigenvalue weighted by Crippen LogP contribution is 2.31. The van der Waals surface area contributed by atoms with Crippen LogP contribution in [0.5, 0.6) is 0 Å². The second-order valence-corrected chi connectivity index (χ2v) is 3.67. The maximum absolute atomic E-state index is 13.7. The Labute approximate surface area is 93.2 Å². The first-order valence-corrected chi connectivity index (χ1v) is 5.27. The van der Waals surface area contributed by atoms with Gasteiger partial charge in [0.25, 0.3) is 0 Å². The zero-order valence-electron chi connectivity index (χ0n) is 8.87. The lowest BCUT2D eigenvalue weighted by molar-refractivity contribution is -0.117. The Morgan fingerprint density at radius 2 is 2.38 bits per heavy atom. The molecule has 4 nitrogen and oxygen atoms in total. The van der Waals surface area contributed by atoms with Gasteiger partial charge in [-0.05, 0) is 18.6 Å². The van der Waals surface area contributed by atoms with E-state index < -0.39 is 5.82 Å². The highest BCUT2D eigenvalue weighted by Gasteiger charge is 2.22. The van der Waals surface area contributed by atoms with Crippen LogP contribution < -0.4 is 16.0 Å². The Bertz CT molecular complexity index is 408. The Kier molecular flexibility index (Phi) is 3.05. The van der Waals surface area contributed by atoms with Crippen LogP contribution in [-0.4, -0.2) is 25.5 Å². The molecule has 0 saturated carbocycles. The second-order valence-electron chi connectivity index (χ2n) is 3.67. The van der Waals surface area contributed by atoms with Gasteiger partial charge >= 0.3 is 0 Å². The Morgan fingerprint density at radius 1 is 1.56 bits per heavy atom. The van der Waals surface area contributed by atoms with E-state index in [2.05, 4.69) is 5.32 Å². The highest BCUT2D eigenvalue weighted by molar-refractivity contribution is 5.98. The lowest BCUT2D eigenvalue weighted by Crippen LogP contribution is -2.37. The SMILES string of the molecule is NCC(=O)N1CCCNc2cccc(F)c21. The number of nitrogens with one attached hydrogen (secondary N) is 1. The minimum Gasteiger partial charge on any atom is -0.383 e. The van der Waals surface area contributed by atoms with E-state index in [4.69, 9.17) is 5.73 Å². The van der Waals surface area contributed by atoms with Crippen LogP contribution in [0.1, 0.15) is 6.42 Å². The summed E-state index contributed by atoms with van der Waals surface area (Å²) in [4.78, 5) is 13.1. The fraction of sp³-hybridized carbons (Fsp3) is 0.364. The summed E-state index contributed by atoms with van der Waals surface area (Å²) < 4.78 is 13.7. The summed E-state index contributed by atoms with van der Waals surface area (Å²) in [7, 11) is 0. The van der Waals surface area contributed by atoms with Crippen molar-refractivity contribution in [1.29, 1.82) is 0 Å². The molecule has 1 amide bonds. The number of carbonyl (C=O) groups is 1. The molecule has 0 radical (unpaired) electrons. The quantitative estimate of drug-likeness (QED) is 0.744. The van der Waals surface area contributed by atoms with E-state index in [1.807, 2.05) is 0 Å². The molecule has 0 saturated heterocycles. The summed E-state index contributed by atoms with van der Waals surface area (Å²) in [6.45, 7) is 1.12. The van der Waals surface area contributed by atoms with Crippen molar-refractivity contribution in [3.63, 3.8) is 0 Å². The van der Waals surface area contributed by atoms with E-state index in [9.17, 15) is 9.18 Å². The van der Waals surface area contributed by atoms with Gasteiger partial charge in [0.05, 0.1) is 12.2 Å². The average Bonchev–Trinajstić information content (AvgIpc) is 2.51. The number of anilines is 2. The van der Waals surface area contributed by atoms with Crippen LogP contribution >= 0.6 is 0 Å². The molecule has 2 rings (SSSR count). The predicted molar refractivity (Wildman–Crippen MR) is 60.9 cm³/mol. The van der Waals surface area contributed by atoms with Crippen LogP contribution in [0.2, 0.25) is 0 Å². The largest absolute Gasteiger partial charge is 0.383 e. The summed E-state index contributed by atoms with van der Waals surface area (Å²) in [5.74, 6) is -0.649. The van der Waals surface area contributed by atoms with Gasteiger partial charge in [0.1, 0.15) is 11.5 Å². The van der Waals surface area contributed by atoms with Gasteiger partial charge in [0.15, 0.2) is 0 Å². The molecule has 0 bridgehead atoms. The molecule has 0 fully saturated rings. The number of amides is 1. The first-order valence-electron chi connectivity index (χ1n) is 5.27. The molecule has 1 aliphatic heterocycles. The standard InChI is InChI=1S/C11H14FN3O/c12-8-3-1-4-9-11(8)15(10(16)7-13)6-2-5-14-9/h1,3-4,14H,2,5-7,13H2. The summed E-state index contributed by atoms with van der Waals surface area (Å²) in [6.07, 6.45) is 0.778. The minimum atomic E-state index is -0.395. The van der Waals surface area contributed by atoms with Crippen molar-refractivity contribution in [2.24, 2.45) is 5.73 Å². The number of carbonyl (C=O) groups excluding carboxylic acids is 1. The normalized spacial score (nSPS) is 15.0. The van der Waals surface area contributed by atoms with E-state index in [0.29, 0.717) is 17.9 Å². The van der Waals surface area contributed by atoms with Crippen molar-refractivity contribution in [2.45, 2.75) is 6.42 Å². The number of hydrogen-bond acceptors (Lipinski definition) is 3. The number of nitrogens with zero attached hydrogens (tertiary/aromatic N) is 1. The monoisotopic (exact) mass is 223 g/mol. The maximum Gasteiger partial charge on any atom is 0.240 e. The van der Waals surface area contributed by atoms with E-state index in [0.717, 1.165) is 13.0 Å². The first-order chi connectivity index (χ1) is 7.74. The number of benzene rings is 1. The Hall–Kier alpha value is -1.62. The van der Waals surface area contributed by atoms with E-state index in [1.54, 1.807) is 12.1 Å². The summed E-state index contributed by atoms with van der Waals surface area (Å²) in [6, 6.07) is 4.74. The van der Waals surface area contributed by atoms with Crippen molar-refractivity contribution < 1.29 is 9.18 Å². The third-order valence-corrected chi connectivity index (χ3v) is 2.61. The van der Waals surface area contributed by atoms with Crippen LogP contribution in [-0.2, 0) is 4.79 Å². The molecular formula is C11H14FN3O. The van der Waals surface area contributed by atoms with Gasteiger partial charge in [-0.1, -0.05) is 6.07 Å². The lowest BCUT2D eigenvalue weighted by atomic mass is 10.2. The molecule has 86 valence electrons. The molecule has 0 spiro atoms. The lowest BCUT2D eigenvalue weighted by Gasteiger charge is -2.22. The maximum atomic E-state index is 13.7. The van der Waals surface area contributed by atoms with Gasteiger partial charge in [-0.25, -0.2) is 4.39 Å². The first kappa shape index (κ1) is 10.9. The third-order valence-electron chi connectivity index (χ3n) is 2.61. The van der Waals surface area contributed by atoms with Gasteiger partial charge in [0, 0.05) is 13.1 Å². The zero-order chi connectivity index (χ0) is 11.5. The molecule has 3 N–H and O–H groups in total. The number of para-hydroxylation sites is 1. The smallest absolute Gasteiger partial charge is 0.240 e. The zero-order valence-corrected chi connectivity index (χ0v) is 8.87. The molecule has 1 aromatic carbocycles. The molecule has 1 heterocycles. The average molecular weight is 223 g/mol. The minimum absolute atomic E-state index is 0.103. The number of fused-ring (bicyclic) bond motifs is 1. The molecule has 0 aromatic heterocycles. The summed E-state index contributed by atoms with van der Waals surface area (Å²) in [5, 5.41) is 3.10. The molecule has 0 unspecified atom stereocenters. The van der Waals surface area contributed by atoms with Crippen molar-refractivity contribution in [3.05, 3.63) is 24.0 Å². The molecule has 1 aromatic rings. The number of nitrogens with two attached hydrogens (primary N) is 1. The second kappa shape index (κ2) is 4.49. The Balaban J connectivity index is 2.46. The van der Waals surface area contributed by atoms with Crippen LogP contribution in [0.15, 0.2) is 18.2 Å². The number of halogens is 1. The fourth-order valence-electron chi connectivity index (χ4n) is 1.86. The Morgan fingerprint density at radius 3 is 3.12 bits per heavy atom. The van der Waals surface area contributed by atoms with Gasteiger partial charge in [-0.2, -0.15) is 0 Å².